The van der Waals surface area contributed by atoms with E-state index in [9.17, 15) is 14.4 Å². The van der Waals surface area contributed by atoms with E-state index < -0.39 is 11.9 Å². The number of rotatable bonds is 6. The Morgan fingerprint density at radius 1 is 1.19 bits per heavy atom. The molecule has 1 atom stereocenters. The molecule has 150 valence electrons. The molecule has 1 aromatic heterocycles. The van der Waals surface area contributed by atoms with Crippen LogP contribution in [0.1, 0.15) is 78.6 Å². The first-order valence-corrected chi connectivity index (χ1v) is 9.62. The van der Waals surface area contributed by atoms with Crippen LogP contribution in [0.5, 0.6) is 0 Å². The lowest BCUT2D eigenvalue weighted by Gasteiger charge is -2.35. The van der Waals surface area contributed by atoms with Gasteiger partial charge in [0.1, 0.15) is 5.69 Å². The number of ether oxygens (including phenoxy) is 2. The van der Waals surface area contributed by atoms with Crippen molar-refractivity contribution in [1.29, 1.82) is 0 Å². The van der Waals surface area contributed by atoms with E-state index >= 15 is 0 Å². The average Bonchev–Trinajstić information content (AvgIpc) is 2.93. The molecule has 0 radical (unpaired) electrons. The van der Waals surface area contributed by atoms with E-state index in [-0.39, 0.29) is 30.4 Å². The third-order valence-corrected chi connectivity index (χ3v) is 4.93. The molecule has 2 heterocycles. The van der Waals surface area contributed by atoms with Gasteiger partial charge < -0.3 is 19.4 Å². The van der Waals surface area contributed by atoms with Crippen molar-refractivity contribution in [2.45, 2.75) is 72.4 Å². The molecule has 1 aliphatic heterocycles. The highest BCUT2D eigenvalue weighted by atomic mass is 16.5. The van der Waals surface area contributed by atoms with Crippen molar-refractivity contribution in [1.82, 2.24) is 9.88 Å². The van der Waals surface area contributed by atoms with Gasteiger partial charge in [-0.25, -0.2) is 9.59 Å². The first-order chi connectivity index (χ1) is 12.8. The minimum Gasteiger partial charge on any atom is -0.459 e. The first-order valence-electron chi connectivity index (χ1n) is 9.62. The number of piperidine rings is 1. The molecule has 2 rings (SSSR count). The Morgan fingerprint density at radius 2 is 1.89 bits per heavy atom. The maximum Gasteiger partial charge on any atom is 0.355 e. The third kappa shape index (κ3) is 4.90. The molecule has 1 fully saturated rings. The monoisotopic (exact) mass is 378 g/mol. The molecule has 7 heteroatoms. The lowest BCUT2D eigenvalue weighted by atomic mass is 10.00. The van der Waals surface area contributed by atoms with Crippen LogP contribution in [-0.4, -0.2) is 53.0 Å². The fraction of sp³-hybridized carbons (Fsp3) is 0.650. The Balaban J connectivity index is 2.04. The number of aryl methyl sites for hydroxylation is 1. The van der Waals surface area contributed by atoms with Crippen molar-refractivity contribution in [3.63, 3.8) is 0 Å². The molecule has 0 bridgehead atoms. The number of carbonyl (C=O) groups excluding carboxylic acids is 3. The molecule has 1 aromatic rings. The zero-order valence-electron chi connectivity index (χ0n) is 16.9. The second-order valence-electron chi connectivity index (χ2n) is 7.30. The molecule has 0 spiro atoms. The number of likely N-dealkylation sites (tertiary alicyclic amines) is 1. The maximum atomic E-state index is 12.5. The summed E-state index contributed by atoms with van der Waals surface area (Å²) in [6.07, 6.45) is 3.74. The predicted molar refractivity (Wildman–Crippen MR) is 101 cm³/mol. The number of esters is 2. The van der Waals surface area contributed by atoms with Crippen molar-refractivity contribution >= 4 is 17.8 Å². The SMILES string of the molecule is CC[C@H]1CCCCN1C(=O)COC(=O)c1[nH]c(C)c(C(=O)OC(C)C)c1C. The molecular weight excluding hydrogens is 348 g/mol. The summed E-state index contributed by atoms with van der Waals surface area (Å²) in [4.78, 5) is 41.8. The predicted octanol–water partition coefficient (Wildman–Crippen LogP) is 3.14. The standard InChI is InChI=1S/C20H30N2O5/c1-6-15-9-7-8-10-22(15)16(23)11-26-20(25)18-13(4)17(14(5)21-18)19(24)27-12(2)3/h12,15,21H,6-11H2,1-5H3/t15-/m0/s1. The summed E-state index contributed by atoms with van der Waals surface area (Å²) < 4.78 is 10.5. The lowest BCUT2D eigenvalue weighted by Crippen LogP contribution is -2.45. The summed E-state index contributed by atoms with van der Waals surface area (Å²) in [7, 11) is 0. The number of hydrogen-bond acceptors (Lipinski definition) is 5. The molecule has 27 heavy (non-hydrogen) atoms. The van der Waals surface area contributed by atoms with E-state index in [1.165, 1.54) is 0 Å². The highest BCUT2D eigenvalue weighted by molar-refractivity contribution is 5.99. The zero-order chi connectivity index (χ0) is 20.1. The Labute approximate surface area is 160 Å². The van der Waals surface area contributed by atoms with Gasteiger partial charge >= 0.3 is 11.9 Å². The number of aromatic amines is 1. The summed E-state index contributed by atoms with van der Waals surface area (Å²) in [5, 5.41) is 0. The van der Waals surface area contributed by atoms with E-state index in [2.05, 4.69) is 11.9 Å². The van der Waals surface area contributed by atoms with Crippen LogP contribution in [0.15, 0.2) is 0 Å². The van der Waals surface area contributed by atoms with Crippen molar-refractivity contribution < 1.29 is 23.9 Å². The Kier molecular flexibility index (Phi) is 7.05. The number of hydrogen-bond donors (Lipinski definition) is 1. The molecular formula is C20H30N2O5. The van der Waals surface area contributed by atoms with Gasteiger partial charge in [0, 0.05) is 18.3 Å². The van der Waals surface area contributed by atoms with E-state index in [1.54, 1.807) is 27.7 Å². The lowest BCUT2D eigenvalue weighted by molar-refractivity contribution is -0.138. The van der Waals surface area contributed by atoms with Crippen LogP contribution in [0.3, 0.4) is 0 Å². The van der Waals surface area contributed by atoms with Crippen LogP contribution in [0, 0.1) is 13.8 Å². The van der Waals surface area contributed by atoms with Gasteiger partial charge in [-0.15, -0.1) is 0 Å². The maximum absolute atomic E-state index is 12.5. The smallest absolute Gasteiger partial charge is 0.355 e. The molecule has 7 nitrogen and oxygen atoms in total. The van der Waals surface area contributed by atoms with E-state index in [4.69, 9.17) is 9.47 Å². The van der Waals surface area contributed by atoms with Gasteiger partial charge in [0.25, 0.3) is 5.91 Å². The minimum atomic E-state index is -0.641. The third-order valence-electron chi connectivity index (χ3n) is 4.93. The normalized spacial score (nSPS) is 17.1. The number of nitrogens with one attached hydrogen (secondary N) is 1. The molecule has 1 aliphatic rings. The van der Waals surface area contributed by atoms with Gasteiger partial charge in [0.15, 0.2) is 6.61 Å². The van der Waals surface area contributed by atoms with Crippen molar-refractivity contribution in [3.05, 3.63) is 22.5 Å². The van der Waals surface area contributed by atoms with Crippen LogP contribution in [0.25, 0.3) is 0 Å². The van der Waals surface area contributed by atoms with E-state index in [0.29, 0.717) is 23.4 Å². The van der Waals surface area contributed by atoms with Crippen molar-refractivity contribution in [2.75, 3.05) is 13.2 Å². The largest absolute Gasteiger partial charge is 0.459 e. The van der Waals surface area contributed by atoms with Gasteiger partial charge in [0.05, 0.1) is 11.7 Å². The Morgan fingerprint density at radius 3 is 2.52 bits per heavy atom. The summed E-state index contributed by atoms with van der Waals surface area (Å²) in [5.74, 6) is -1.29. The number of H-pyrrole nitrogens is 1. The summed E-state index contributed by atoms with van der Waals surface area (Å²) in [6, 6.07) is 0.219. The Bertz CT molecular complexity index is 707. The molecule has 0 aliphatic carbocycles. The van der Waals surface area contributed by atoms with E-state index in [1.807, 2.05) is 4.90 Å². The van der Waals surface area contributed by atoms with Crippen LogP contribution in [-0.2, 0) is 14.3 Å². The highest BCUT2D eigenvalue weighted by Crippen LogP contribution is 2.22. The molecule has 1 N–H and O–H groups in total. The van der Waals surface area contributed by atoms with Gasteiger partial charge in [-0.1, -0.05) is 6.92 Å². The highest BCUT2D eigenvalue weighted by Gasteiger charge is 2.28. The summed E-state index contributed by atoms with van der Waals surface area (Å²) in [6.45, 7) is 9.37. The number of aromatic nitrogens is 1. The molecule has 1 amide bonds. The second kappa shape index (κ2) is 9.06. The van der Waals surface area contributed by atoms with Crippen LogP contribution in [0.2, 0.25) is 0 Å². The van der Waals surface area contributed by atoms with Crippen molar-refractivity contribution in [3.8, 4) is 0 Å². The summed E-state index contributed by atoms with van der Waals surface area (Å²) in [5.41, 5.74) is 1.53. The number of amides is 1. The molecule has 0 unspecified atom stereocenters. The number of nitrogens with zero attached hydrogens (tertiary/aromatic N) is 1. The van der Waals surface area contributed by atoms with Crippen LogP contribution < -0.4 is 0 Å². The fourth-order valence-electron chi connectivity index (χ4n) is 3.57. The Hall–Kier alpha value is -2.31. The quantitative estimate of drug-likeness (QED) is 0.768. The van der Waals surface area contributed by atoms with Crippen LogP contribution in [0.4, 0.5) is 0 Å². The minimum absolute atomic E-state index is 0.171. The molecule has 1 saturated heterocycles. The fourth-order valence-corrected chi connectivity index (χ4v) is 3.57. The van der Waals surface area contributed by atoms with Gasteiger partial charge in [-0.05, 0) is 58.9 Å². The zero-order valence-corrected chi connectivity index (χ0v) is 16.9. The van der Waals surface area contributed by atoms with Crippen LogP contribution >= 0.6 is 0 Å². The average molecular weight is 378 g/mol. The molecule has 0 saturated carbocycles. The molecule has 0 aromatic carbocycles. The van der Waals surface area contributed by atoms with Gasteiger partial charge in [-0.3, -0.25) is 4.79 Å². The second-order valence-corrected chi connectivity index (χ2v) is 7.30. The van der Waals surface area contributed by atoms with Gasteiger partial charge in [-0.2, -0.15) is 0 Å². The van der Waals surface area contributed by atoms with Gasteiger partial charge in [0.2, 0.25) is 0 Å². The van der Waals surface area contributed by atoms with Crippen molar-refractivity contribution in [2.24, 2.45) is 0 Å². The van der Waals surface area contributed by atoms with E-state index in [0.717, 1.165) is 25.7 Å². The number of carbonyl (C=O) groups is 3. The topological polar surface area (TPSA) is 88.7 Å². The summed E-state index contributed by atoms with van der Waals surface area (Å²) >= 11 is 0. The first kappa shape index (κ1) is 21.0.